The molecule has 6 heteroatoms. The van der Waals surface area contributed by atoms with Crippen LogP contribution in [-0.2, 0) is 11.2 Å². The number of fused-ring (bicyclic) bond motifs is 2. The Morgan fingerprint density at radius 2 is 1.89 bits per heavy atom. The maximum absolute atomic E-state index is 12.3. The molecule has 0 spiro atoms. The molecule has 0 saturated heterocycles. The van der Waals surface area contributed by atoms with E-state index in [9.17, 15) is 9.59 Å². The second-order valence-corrected chi connectivity index (χ2v) is 6.61. The molecule has 1 amide bonds. The number of aromatic nitrogens is 1. The molecule has 6 nitrogen and oxygen atoms in total. The van der Waals surface area contributed by atoms with Crippen molar-refractivity contribution in [1.82, 2.24) is 4.98 Å². The van der Waals surface area contributed by atoms with E-state index >= 15 is 0 Å². The van der Waals surface area contributed by atoms with Crippen LogP contribution in [0.4, 0.5) is 5.69 Å². The highest BCUT2D eigenvalue weighted by molar-refractivity contribution is 5.91. The van der Waals surface area contributed by atoms with Crippen LogP contribution >= 0.6 is 0 Å². The third-order valence-corrected chi connectivity index (χ3v) is 4.56. The van der Waals surface area contributed by atoms with Crippen molar-refractivity contribution < 1.29 is 14.3 Å². The summed E-state index contributed by atoms with van der Waals surface area (Å²) in [5.74, 6) is 1.28. The van der Waals surface area contributed by atoms with Crippen LogP contribution in [-0.4, -0.2) is 24.1 Å². The molecule has 0 fully saturated rings. The smallest absolute Gasteiger partial charge is 0.251 e. The summed E-state index contributed by atoms with van der Waals surface area (Å²) in [6.07, 6.45) is 0.979. The Kier molecular flexibility index (Phi) is 4.54. The summed E-state index contributed by atoms with van der Waals surface area (Å²) in [6.45, 7) is 2.83. The number of hydrogen-bond donors (Lipinski definition) is 2. The van der Waals surface area contributed by atoms with Crippen LogP contribution in [0.2, 0.25) is 0 Å². The molecule has 2 heterocycles. The number of carbonyl (C=O) groups excluding carboxylic acids is 1. The van der Waals surface area contributed by atoms with E-state index in [1.165, 1.54) is 0 Å². The molecular weight excluding hydrogens is 344 g/mol. The van der Waals surface area contributed by atoms with Gasteiger partial charge in [0, 0.05) is 29.3 Å². The average molecular weight is 364 g/mol. The van der Waals surface area contributed by atoms with Crippen molar-refractivity contribution in [3.63, 3.8) is 0 Å². The van der Waals surface area contributed by atoms with Gasteiger partial charge in [0.15, 0.2) is 11.5 Å². The highest BCUT2D eigenvalue weighted by Crippen LogP contribution is 2.32. The lowest BCUT2D eigenvalue weighted by molar-refractivity contribution is -0.116. The number of anilines is 1. The lowest BCUT2D eigenvalue weighted by Crippen LogP contribution is -2.16. The zero-order chi connectivity index (χ0) is 18.8. The molecule has 2 N–H and O–H groups in total. The van der Waals surface area contributed by atoms with Crippen LogP contribution in [0.3, 0.4) is 0 Å². The van der Waals surface area contributed by atoms with Gasteiger partial charge in [-0.15, -0.1) is 0 Å². The van der Waals surface area contributed by atoms with E-state index in [1.807, 2.05) is 24.3 Å². The number of aryl methyl sites for hydroxylation is 2. The van der Waals surface area contributed by atoms with Crippen LogP contribution < -0.4 is 20.3 Å². The third-order valence-electron chi connectivity index (χ3n) is 4.56. The van der Waals surface area contributed by atoms with Gasteiger partial charge in [0.25, 0.3) is 5.56 Å². The zero-order valence-electron chi connectivity index (χ0n) is 15.0. The zero-order valence-corrected chi connectivity index (χ0v) is 15.0. The van der Waals surface area contributed by atoms with Gasteiger partial charge in [0.2, 0.25) is 5.91 Å². The first-order valence-corrected chi connectivity index (χ1v) is 8.90. The molecule has 1 aliphatic heterocycles. The first-order chi connectivity index (χ1) is 13.1. The first-order valence-electron chi connectivity index (χ1n) is 8.90. The number of hydrogen-bond acceptors (Lipinski definition) is 4. The van der Waals surface area contributed by atoms with Gasteiger partial charge < -0.3 is 19.8 Å². The van der Waals surface area contributed by atoms with Gasteiger partial charge in [0.05, 0.1) is 0 Å². The fourth-order valence-corrected chi connectivity index (χ4v) is 3.12. The first kappa shape index (κ1) is 17.1. The van der Waals surface area contributed by atoms with E-state index in [0.717, 1.165) is 16.5 Å². The fraction of sp³-hybridized carbons (Fsp3) is 0.238. The van der Waals surface area contributed by atoms with Crippen molar-refractivity contribution in [1.29, 1.82) is 0 Å². The van der Waals surface area contributed by atoms with Crippen molar-refractivity contribution in [3.8, 4) is 11.5 Å². The van der Waals surface area contributed by atoms with E-state index in [4.69, 9.17) is 9.47 Å². The van der Waals surface area contributed by atoms with Crippen molar-refractivity contribution in [2.75, 3.05) is 18.5 Å². The Morgan fingerprint density at radius 3 is 2.74 bits per heavy atom. The predicted molar refractivity (Wildman–Crippen MR) is 104 cm³/mol. The van der Waals surface area contributed by atoms with E-state index in [1.54, 1.807) is 25.1 Å². The lowest BCUT2D eigenvalue weighted by atomic mass is 10.1. The highest BCUT2D eigenvalue weighted by Gasteiger charge is 2.13. The lowest BCUT2D eigenvalue weighted by Gasteiger charge is -2.19. The molecule has 1 aromatic heterocycles. The molecule has 3 aromatic rings. The minimum Gasteiger partial charge on any atom is -0.486 e. The summed E-state index contributed by atoms with van der Waals surface area (Å²) in [4.78, 5) is 26.8. The molecule has 0 unspecified atom stereocenters. The number of pyridine rings is 1. The number of carbonyl (C=O) groups is 1. The second kappa shape index (κ2) is 7.15. The Balaban J connectivity index is 1.41. The third kappa shape index (κ3) is 3.79. The van der Waals surface area contributed by atoms with Crippen LogP contribution in [0.5, 0.6) is 11.5 Å². The molecule has 138 valence electrons. The van der Waals surface area contributed by atoms with Gasteiger partial charge in [-0.05, 0) is 54.6 Å². The summed E-state index contributed by atoms with van der Waals surface area (Å²) < 4.78 is 11.0. The van der Waals surface area contributed by atoms with Gasteiger partial charge in [-0.2, -0.15) is 0 Å². The minimum atomic E-state index is -0.0749. The maximum Gasteiger partial charge on any atom is 0.251 e. The maximum atomic E-state index is 12.3. The summed E-state index contributed by atoms with van der Waals surface area (Å²) in [7, 11) is 0. The van der Waals surface area contributed by atoms with Crippen molar-refractivity contribution in [2.24, 2.45) is 0 Å². The largest absolute Gasteiger partial charge is 0.486 e. The van der Waals surface area contributed by atoms with Crippen LogP contribution in [0, 0.1) is 6.92 Å². The average Bonchev–Trinajstić information content (AvgIpc) is 2.67. The molecule has 0 saturated carbocycles. The van der Waals surface area contributed by atoms with E-state index < -0.39 is 0 Å². The number of rotatable bonds is 4. The predicted octanol–water partition coefficient (Wildman–Crippen LogP) is 3.18. The number of amides is 1. The summed E-state index contributed by atoms with van der Waals surface area (Å²) >= 11 is 0. The van der Waals surface area contributed by atoms with Gasteiger partial charge in [-0.3, -0.25) is 9.59 Å². The summed E-state index contributed by atoms with van der Waals surface area (Å²) in [5.41, 5.74) is 3.14. The molecule has 0 aliphatic carbocycles. The van der Waals surface area contributed by atoms with Crippen molar-refractivity contribution >= 4 is 22.5 Å². The fourth-order valence-electron chi connectivity index (χ4n) is 3.12. The SMILES string of the molecule is Cc1cc2cc(CCC(=O)Nc3ccc4c(c3)OCCO4)ccc2[nH]c1=O. The van der Waals surface area contributed by atoms with Gasteiger partial charge in [0.1, 0.15) is 13.2 Å². The Hall–Kier alpha value is -3.28. The van der Waals surface area contributed by atoms with Crippen LogP contribution in [0.1, 0.15) is 17.5 Å². The summed E-state index contributed by atoms with van der Waals surface area (Å²) in [5, 5.41) is 3.86. The summed E-state index contributed by atoms with van der Waals surface area (Å²) in [6, 6.07) is 13.1. The number of H-pyrrole nitrogens is 1. The quantitative estimate of drug-likeness (QED) is 0.745. The standard InChI is InChI=1S/C21H20N2O4/c1-13-10-15-11-14(2-5-17(15)23-21(13)25)3-7-20(24)22-16-4-6-18-19(12-16)27-9-8-26-18/h2,4-6,10-12H,3,7-9H2,1H3,(H,22,24)(H,23,25). The molecular formula is C21H20N2O4. The van der Waals surface area contributed by atoms with Gasteiger partial charge in [-0.25, -0.2) is 0 Å². The molecule has 27 heavy (non-hydrogen) atoms. The normalized spacial score (nSPS) is 12.8. The molecule has 0 atom stereocenters. The minimum absolute atomic E-state index is 0.0653. The number of ether oxygens (including phenoxy) is 2. The molecule has 0 bridgehead atoms. The van der Waals surface area contributed by atoms with E-state index in [0.29, 0.717) is 48.8 Å². The van der Waals surface area contributed by atoms with E-state index in [2.05, 4.69) is 10.3 Å². The topological polar surface area (TPSA) is 80.4 Å². The number of aromatic amines is 1. The van der Waals surface area contributed by atoms with E-state index in [-0.39, 0.29) is 11.5 Å². The second-order valence-electron chi connectivity index (χ2n) is 6.61. The van der Waals surface area contributed by atoms with Crippen LogP contribution in [0.15, 0.2) is 47.3 Å². The Morgan fingerprint density at radius 1 is 1.07 bits per heavy atom. The highest BCUT2D eigenvalue weighted by atomic mass is 16.6. The molecule has 0 radical (unpaired) electrons. The Bertz CT molecular complexity index is 1070. The molecule has 2 aromatic carbocycles. The Labute approximate surface area is 156 Å². The van der Waals surface area contributed by atoms with Crippen molar-refractivity contribution in [3.05, 3.63) is 63.9 Å². The van der Waals surface area contributed by atoms with Crippen molar-refractivity contribution in [2.45, 2.75) is 19.8 Å². The van der Waals surface area contributed by atoms with Gasteiger partial charge >= 0.3 is 0 Å². The molecule has 4 rings (SSSR count). The van der Waals surface area contributed by atoms with Crippen LogP contribution in [0.25, 0.3) is 10.9 Å². The molecule has 1 aliphatic rings. The number of benzene rings is 2. The number of nitrogens with one attached hydrogen (secondary N) is 2. The monoisotopic (exact) mass is 364 g/mol. The van der Waals surface area contributed by atoms with Gasteiger partial charge in [-0.1, -0.05) is 6.07 Å².